The summed E-state index contributed by atoms with van der Waals surface area (Å²) in [6.45, 7) is 5.61. The van der Waals surface area contributed by atoms with Crippen LogP contribution in [0.5, 0.6) is 0 Å². The average Bonchev–Trinajstić information content (AvgIpc) is 3.54. The van der Waals surface area contributed by atoms with E-state index in [0.717, 1.165) is 103 Å². The molecule has 0 saturated carbocycles. The van der Waals surface area contributed by atoms with Gasteiger partial charge in [-0.15, -0.1) is 0 Å². The minimum Gasteiger partial charge on any atom is -0.479 e. The smallest absolute Gasteiger partial charge is 0.335 e. The van der Waals surface area contributed by atoms with Gasteiger partial charge in [0.2, 0.25) is 0 Å². The normalized spacial score (nSPS) is 18.9. The first-order chi connectivity index (χ1) is 39.6. The Hall–Kier alpha value is -5.66. The molecular weight excluding hydrogens is 1020 g/mol. The van der Waals surface area contributed by atoms with Crippen LogP contribution in [0.3, 0.4) is 0 Å². The van der Waals surface area contributed by atoms with Crippen LogP contribution in [0.1, 0.15) is 201 Å². The molecule has 0 aromatic rings. The monoisotopic (exact) mass is 1120 g/mol. The molecule has 0 amide bonds. The lowest BCUT2D eigenvalue weighted by molar-refractivity contribution is -0.301. The molecule has 3 N–H and O–H groups in total. The Morgan fingerprint density at radius 1 is 0.420 bits per heavy atom. The third-order valence-electron chi connectivity index (χ3n) is 12.6. The Kier molecular flexibility index (Phi) is 49.7. The van der Waals surface area contributed by atoms with Crippen molar-refractivity contribution in [3.8, 4) is 0 Å². The summed E-state index contributed by atoms with van der Waals surface area (Å²) in [6, 6.07) is 0. The molecule has 12 heteroatoms. The first-order valence-corrected chi connectivity index (χ1v) is 30.5. The van der Waals surface area contributed by atoms with Crippen molar-refractivity contribution in [2.45, 2.75) is 237 Å². The molecule has 6 unspecified atom stereocenters. The number of hydrogen-bond donors (Lipinski definition) is 3. The van der Waals surface area contributed by atoms with E-state index < -0.39 is 67.3 Å². The minimum atomic E-state index is -1.95. The molecule has 452 valence electrons. The Morgan fingerprint density at radius 3 is 1.23 bits per heavy atom. The van der Waals surface area contributed by atoms with Crippen molar-refractivity contribution >= 4 is 23.9 Å². The summed E-state index contributed by atoms with van der Waals surface area (Å²) in [5.74, 6) is -3.39. The molecular formula is C69H104O12. The van der Waals surface area contributed by atoms with Crippen molar-refractivity contribution in [2.24, 2.45) is 0 Å². The van der Waals surface area contributed by atoms with E-state index in [4.69, 9.17) is 23.7 Å². The number of allylic oxidation sites excluding steroid dienone is 26. The maximum atomic E-state index is 13.1. The highest BCUT2D eigenvalue weighted by Gasteiger charge is 2.50. The van der Waals surface area contributed by atoms with Crippen LogP contribution in [-0.2, 0) is 42.9 Å². The third-order valence-corrected chi connectivity index (χ3v) is 12.6. The summed E-state index contributed by atoms with van der Waals surface area (Å²) in [6.07, 6.45) is 68.1. The van der Waals surface area contributed by atoms with Crippen molar-refractivity contribution in [3.05, 3.63) is 158 Å². The number of unbranched alkanes of at least 4 members (excludes halogenated alkanes) is 9. The van der Waals surface area contributed by atoms with Gasteiger partial charge in [-0.1, -0.05) is 217 Å². The molecule has 1 aliphatic rings. The van der Waals surface area contributed by atoms with E-state index in [1.165, 1.54) is 25.7 Å². The van der Waals surface area contributed by atoms with E-state index in [1.54, 1.807) is 0 Å². The van der Waals surface area contributed by atoms with Gasteiger partial charge in [0, 0.05) is 19.3 Å². The summed E-state index contributed by atoms with van der Waals surface area (Å²) in [5, 5.41) is 31.5. The summed E-state index contributed by atoms with van der Waals surface area (Å²) >= 11 is 0. The fourth-order valence-corrected chi connectivity index (χ4v) is 8.00. The van der Waals surface area contributed by atoms with Gasteiger partial charge in [0.15, 0.2) is 24.6 Å². The van der Waals surface area contributed by atoms with E-state index >= 15 is 0 Å². The molecule has 1 heterocycles. The highest BCUT2D eigenvalue weighted by Crippen LogP contribution is 2.26. The van der Waals surface area contributed by atoms with Gasteiger partial charge < -0.3 is 39.0 Å². The summed E-state index contributed by atoms with van der Waals surface area (Å²) in [7, 11) is 0. The largest absolute Gasteiger partial charge is 0.479 e. The van der Waals surface area contributed by atoms with Crippen molar-refractivity contribution in [2.75, 3.05) is 13.2 Å². The summed E-state index contributed by atoms with van der Waals surface area (Å²) in [4.78, 5) is 51.1. The number of rotatable bonds is 49. The lowest BCUT2D eigenvalue weighted by Gasteiger charge is -2.40. The quantitative estimate of drug-likeness (QED) is 0.0228. The van der Waals surface area contributed by atoms with Crippen LogP contribution in [0.15, 0.2) is 158 Å². The number of carboxylic acids is 1. The SMILES string of the molecule is CC/C=C\C/C=C\C/C=C\C/C=C\C/C=C\C/C=C\CCC(=O)OC1C(OCC(COC(=O)CCCCCCCC/C=C\C/C=C\C/C=C\CCCCC)OC(=O)CC/C=C\C/C=C\C/C=C\C/C=C\CC)OC(C(=O)O)C(O)C1O. The van der Waals surface area contributed by atoms with Crippen molar-refractivity contribution < 1.29 is 58.2 Å². The maximum absolute atomic E-state index is 13.1. The zero-order valence-electron chi connectivity index (χ0n) is 49.7. The number of carboxylic acid groups (broad SMARTS) is 1. The lowest BCUT2D eigenvalue weighted by Crippen LogP contribution is -2.61. The topological polar surface area (TPSA) is 175 Å². The lowest BCUT2D eigenvalue weighted by atomic mass is 9.98. The molecule has 6 atom stereocenters. The molecule has 12 nitrogen and oxygen atoms in total. The molecule has 0 bridgehead atoms. The third kappa shape index (κ3) is 44.7. The van der Waals surface area contributed by atoms with Crippen molar-refractivity contribution in [1.82, 2.24) is 0 Å². The predicted octanol–water partition coefficient (Wildman–Crippen LogP) is 16.1. The van der Waals surface area contributed by atoms with E-state index in [-0.39, 0.29) is 25.9 Å². The molecule has 1 aliphatic heterocycles. The van der Waals surface area contributed by atoms with Crippen LogP contribution in [0.2, 0.25) is 0 Å². The Balaban J connectivity index is 2.76. The minimum absolute atomic E-state index is 0.0204. The van der Waals surface area contributed by atoms with E-state index in [1.807, 2.05) is 30.4 Å². The summed E-state index contributed by atoms with van der Waals surface area (Å²) < 4.78 is 28.2. The van der Waals surface area contributed by atoms with Gasteiger partial charge in [-0.05, 0) is 122 Å². The van der Waals surface area contributed by atoms with Crippen molar-refractivity contribution in [1.29, 1.82) is 0 Å². The maximum Gasteiger partial charge on any atom is 0.335 e. The first kappa shape index (κ1) is 73.4. The molecule has 1 fully saturated rings. The second-order valence-electron chi connectivity index (χ2n) is 19.9. The molecule has 81 heavy (non-hydrogen) atoms. The van der Waals surface area contributed by atoms with Gasteiger partial charge in [0.05, 0.1) is 6.61 Å². The first-order valence-electron chi connectivity index (χ1n) is 30.5. The highest BCUT2D eigenvalue weighted by atomic mass is 16.7. The zero-order valence-corrected chi connectivity index (χ0v) is 49.7. The van der Waals surface area contributed by atoms with E-state index in [9.17, 15) is 34.5 Å². The van der Waals surface area contributed by atoms with E-state index in [0.29, 0.717) is 32.1 Å². The van der Waals surface area contributed by atoms with Gasteiger partial charge >= 0.3 is 23.9 Å². The Labute approximate surface area is 488 Å². The molecule has 0 aromatic heterocycles. The number of hydrogen-bond acceptors (Lipinski definition) is 11. The fraction of sp³-hybridized carbons (Fsp3) is 0.565. The van der Waals surface area contributed by atoms with Crippen LogP contribution in [-0.4, -0.2) is 89.2 Å². The number of aliphatic hydroxyl groups excluding tert-OH is 2. The van der Waals surface area contributed by atoms with Crippen LogP contribution in [0, 0.1) is 0 Å². The number of aliphatic carboxylic acids is 1. The van der Waals surface area contributed by atoms with Gasteiger partial charge in [0.25, 0.3) is 0 Å². The number of esters is 3. The van der Waals surface area contributed by atoms with Gasteiger partial charge in [-0.2, -0.15) is 0 Å². The molecule has 0 aliphatic carbocycles. The Morgan fingerprint density at radius 2 is 0.802 bits per heavy atom. The number of aliphatic hydroxyl groups is 2. The van der Waals surface area contributed by atoms with Crippen LogP contribution in [0.4, 0.5) is 0 Å². The molecule has 1 rings (SSSR count). The van der Waals surface area contributed by atoms with E-state index in [2.05, 4.69) is 148 Å². The van der Waals surface area contributed by atoms with Crippen LogP contribution < -0.4 is 0 Å². The number of ether oxygens (including phenoxy) is 5. The Bertz CT molecular complexity index is 2010. The van der Waals surface area contributed by atoms with Crippen LogP contribution >= 0.6 is 0 Å². The van der Waals surface area contributed by atoms with Crippen molar-refractivity contribution in [3.63, 3.8) is 0 Å². The van der Waals surface area contributed by atoms with Gasteiger partial charge in [0.1, 0.15) is 18.8 Å². The highest BCUT2D eigenvalue weighted by molar-refractivity contribution is 5.74. The standard InChI is InChI=1S/C69H104O12/c1-4-7-10-13-16-19-22-25-27-29-31-33-35-38-40-43-46-49-52-55-61(70)77-58-60(79-62(71)56-53-50-47-44-41-37-24-21-18-15-12-9-6-3)59-78-69-67(65(74)64(73)66(81-69)68(75)76)80-63(72)57-54-51-48-45-42-39-36-34-32-30-28-26-23-20-17-14-11-8-5-2/h8-9,11-12,16-21,25-28,31-34,37,39,41-42,47-48,50-51,60,64-67,69,73-74H,4-7,10,13-15,22-24,29-30,35-36,38,40,43-46,49,52-59H2,1-3H3,(H,75,76)/b11-8-,12-9-,19-16-,20-17-,21-18-,27-25-,28-26-,33-31-,34-32-,41-37-,42-39-,50-47-,51-48-. The summed E-state index contributed by atoms with van der Waals surface area (Å²) in [5.41, 5.74) is 0. The van der Waals surface area contributed by atoms with Gasteiger partial charge in [-0.25, -0.2) is 4.79 Å². The van der Waals surface area contributed by atoms with Gasteiger partial charge in [-0.3, -0.25) is 14.4 Å². The number of carbonyl (C=O) groups excluding carboxylic acids is 3. The molecule has 1 saturated heterocycles. The zero-order chi connectivity index (χ0) is 58.9. The second kappa shape index (κ2) is 54.9. The average molecular weight is 1130 g/mol. The predicted molar refractivity (Wildman–Crippen MR) is 330 cm³/mol. The molecule has 0 aromatic carbocycles. The molecule has 0 spiro atoms. The van der Waals surface area contributed by atoms with Crippen LogP contribution in [0.25, 0.3) is 0 Å². The fourth-order valence-electron chi connectivity index (χ4n) is 8.00. The number of carbonyl (C=O) groups is 4. The molecule has 0 radical (unpaired) electrons. The second-order valence-corrected chi connectivity index (χ2v) is 19.9.